The number of aryl methyl sites for hydroxylation is 2. The minimum atomic E-state index is -0.257. The first kappa shape index (κ1) is 13.5. The first-order chi connectivity index (χ1) is 8.49. The number of anilines is 1. The molecule has 2 rings (SSSR count). The molecule has 1 aromatic carbocycles. The molecule has 3 N–H and O–H groups in total. The molecule has 1 saturated heterocycles. The third-order valence-corrected chi connectivity index (χ3v) is 3.66. The molecule has 0 spiro atoms. The summed E-state index contributed by atoms with van der Waals surface area (Å²) >= 11 is 3.44. The van der Waals surface area contributed by atoms with Gasteiger partial charge in [0.2, 0.25) is 5.91 Å². The quantitative estimate of drug-likeness (QED) is 0.877. The summed E-state index contributed by atoms with van der Waals surface area (Å²) in [5.74, 6) is -0.319. The highest BCUT2D eigenvalue weighted by molar-refractivity contribution is 9.10. The highest BCUT2D eigenvalue weighted by Crippen LogP contribution is 2.26. The molecule has 18 heavy (non-hydrogen) atoms. The smallest absolute Gasteiger partial charge is 0.231 e. The summed E-state index contributed by atoms with van der Waals surface area (Å²) in [5, 5.41) is 2.96. The maximum atomic E-state index is 12.1. The van der Waals surface area contributed by atoms with E-state index in [9.17, 15) is 4.79 Å². The second kappa shape index (κ2) is 5.38. The summed E-state index contributed by atoms with van der Waals surface area (Å²) in [6.45, 7) is 4.80. The summed E-state index contributed by atoms with van der Waals surface area (Å²) < 4.78 is 6.23. The maximum Gasteiger partial charge on any atom is 0.231 e. The number of nitrogens with two attached hydrogens (primary N) is 1. The molecule has 1 heterocycles. The van der Waals surface area contributed by atoms with Crippen molar-refractivity contribution in [2.24, 2.45) is 11.7 Å². The molecule has 1 fully saturated rings. The Morgan fingerprint density at radius 3 is 2.50 bits per heavy atom. The van der Waals surface area contributed by atoms with Crippen LogP contribution in [0.3, 0.4) is 0 Å². The largest absolute Gasteiger partial charge is 0.379 e. The van der Waals surface area contributed by atoms with Gasteiger partial charge in [-0.25, -0.2) is 0 Å². The van der Waals surface area contributed by atoms with E-state index in [-0.39, 0.29) is 17.9 Å². The molecule has 1 aromatic rings. The molecule has 0 aromatic heterocycles. The number of halogens is 1. The SMILES string of the molecule is Cc1cc(Br)cc(C)c1NC(=O)C1COCC1N. The molecule has 98 valence electrons. The van der Waals surface area contributed by atoms with Crippen LogP contribution in [0.2, 0.25) is 0 Å². The van der Waals surface area contributed by atoms with Crippen molar-refractivity contribution in [1.29, 1.82) is 0 Å². The fraction of sp³-hybridized carbons (Fsp3) is 0.462. The first-order valence-corrected chi connectivity index (χ1v) is 6.69. The normalized spacial score (nSPS) is 23.1. The van der Waals surface area contributed by atoms with Crippen LogP contribution in [0.5, 0.6) is 0 Å². The molecule has 5 heteroatoms. The molecule has 0 radical (unpaired) electrons. The lowest BCUT2D eigenvalue weighted by molar-refractivity contribution is -0.120. The van der Waals surface area contributed by atoms with Crippen LogP contribution >= 0.6 is 15.9 Å². The number of carbonyl (C=O) groups is 1. The molecule has 4 nitrogen and oxygen atoms in total. The monoisotopic (exact) mass is 312 g/mol. The van der Waals surface area contributed by atoms with Crippen LogP contribution in [-0.4, -0.2) is 25.2 Å². The van der Waals surface area contributed by atoms with Crippen LogP contribution < -0.4 is 11.1 Å². The van der Waals surface area contributed by atoms with Crippen LogP contribution in [-0.2, 0) is 9.53 Å². The van der Waals surface area contributed by atoms with Gasteiger partial charge in [-0.1, -0.05) is 15.9 Å². The van der Waals surface area contributed by atoms with Gasteiger partial charge >= 0.3 is 0 Å². The van der Waals surface area contributed by atoms with Crippen LogP contribution in [0.15, 0.2) is 16.6 Å². The maximum absolute atomic E-state index is 12.1. The molecular weight excluding hydrogens is 296 g/mol. The summed E-state index contributed by atoms with van der Waals surface area (Å²) in [7, 11) is 0. The van der Waals surface area contributed by atoms with Crippen molar-refractivity contribution >= 4 is 27.5 Å². The fourth-order valence-electron chi connectivity index (χ4n) is 2.16. The molecule has 1 aliphatic heterocycles. The molecule has 0 saturated carbocycles. The Hall–Kier alpha value is -0.910. The van der Waals surface area contributed by atoms with Crippen molar-refractivity contribution in [3.05, 3.63) is 27.7 Å². The molecule has 2 atom stereocenters. The summed E-state index contributed by atoms with van der Waals surface area (Å²) in [5.41, 5.74) is 8.76. The van der Waals surface area contributed by atoms with Gasteiger partial charge in [-0.3, -0.25) is 4.79 Å². The Morgan fingerprint density at radius 2 is 2.00 bits per heavy atom. The number of hydrogen-bond donors (Lipinski definition) is 2. The lowest BCUT2D eigenvalue weighted by atomic mass is 10.0. The number of benzene rings is 1. The van der Waals surface area contributed by atoms with Gasteiger partial charge in [-0.05, 0) is 37.1 Å². The van der Waals surface area contributed by atoms with E-state index in [0.29, 0.717) is 13.2 Å². The predicted molar refractivity (Wildman–Crippen MR) is 74.5 cm³/mol. The first-order valence-electron chi connectivity index (χ1n) is 5.90. The Labute approximate surface area is 115 Å². The van der Waals surface area contributed by atoms with Gasteiger partial charge in [0, 0.05) is 16.2 Å². The standard InChI is InChI=1S/C13H17BrN2O2/c1-7-3-9(14)4-8(2)12(7)16-13(17)10-5-18-6-11(10)15/h3-4,10-11H,5-6,15H2,1-2H3,(H,16,17). The van der Waals surface area contributed by atoms with E-state index in [1.165, 1.54) is 0 Å². The number of carbonyl (C=O) groups excluding carboxylic acids is 1. The second-order valence-corrected chi connectivity index (χ2v) is 5.63. The number of rotatable bonds is 2. The molecule has 1 amide bonds. The van der Waals surface area contributed by atoms with E-state index in [0.717, 1.165) is 21.3 Å². The Bertz CT molecular complexity index is 453. The molecular formula is C13H17BrN2O2. The van der Waals surface area contributed by atoms with Gasteiger partial charge in [0.1, 0.15) is 0 Å². The van der Waals surface area contributed by atoms with Crippen molar-refractivity contribution < 1.29 is 9.53 Å². The van der Waals surface area contributed by atoms with Crippen molar-refractivity contribution in [3.63, 3.8) is 0 Å². The number of amides is 1. The number of hydrogen-bond acceptors (Lipinski definition) is 3. The Morgan fingerprint density at radius 1 is 1.39 bits per heavy atom. The minimum Gasteiger partial charge on any atom is -0.379 e. The lowest BCUT2D eigenvalue weighted by Gasteiger charge is -2.16. The summed E-state index contributed by atoms with van der Waals surface area (Å²) in [6, 6.07) is 3.75. The molecule has 1 aliphatic rings. The van der Waals surface area contributed by atoms with Crippen molar-refractivity contribution in [2.75, 3.05) is 18.5 Å². The van der Waals surface area contributed by atoms with Crippen LogP contribution in [0, 0.1) is 19.8 Å². The van der Waals surface area contributed by atoms with Gasteiger partial charge < -0.3 is 15.8 Å². The van der Waals surface area contributed by atoms with Crippen molar-refractivity contribution in [2.45, 2.75) is 19.9 Å². The van der Waals surface area contributed by atoms with Crippen molar-refractivity contribution in [1.82, 2.24) is 0 Å². The van der Waals surface area contributed by atoms with Crippen LogP contribution in [0.1, 0.15) is 11.1 Å². The zero-order valence-corrected chi connectivity index (χ0v) is 12.1. The minimum absolute atomic E-state index is 0.0616. The molecule has 0 bridgehead atoms. The Kier molecular flexibility index (Phi) is 4.04. The zero-order valence-electron chi connectivity index (χ0n) is 10.5. The molecule has 2 unspecified atom stereocenters. The second-order valence-electron chi connectivity index (χ2n) is 4.71. The zero-order chi connectivity index (χ0) is 13.3. The van der Waals surface area contributed by atoms with Gasteiger partial charge in [-0.15, -0.1) is 0 Å². The van der Waals surface area contributed by atoms with Crippen LogP contribution in [0.4, 0.5) is 5.69 Å². The van der Waals surface area contributed by atoms with Gasteiger partial charge in [-0.2, -0.15) is 0 Å². The summed E-state index contributed by atoms with van der Waals surface area (Å²) in [4.78, 5) is 12.1. The molecule has 0 aliphatic carbocycles. The summed E-state index contributed by atoms with van der Waals surface area (Å²) in [6.07, 6.45) is 0. The highest BCUT2D eigenvalue weighted by Gasteiger charge is 2.31. The van der Waals surface area contributed by atoms with Crippen LogP contribution in [0.25, 0.3) is 0 Å². The average Bonchev–Trinajstić information content (AvgIpc) is 2.69. The number of nitrogens with one attached hydrogen (secondary N) is 1. The van der Waals surface area contributed by atoms with Gasteiger partial charge in [0.05, 0.1) is 19.1 Å². The Balaban J connectivity index is 2.17. The highest BCUT2D eigenvalue weighted by atomic mass is 79.9. The number of ether oxygens (including phenoxy) is 1. The van der Waals surface area contributed by atoms with E-state index in [4.69, 9.17) is 10.5 Å². The lowest BCUT2D eigenvalue weighted by Crippen LogP contribution is -2.37. The predicted octanol–water partition coefficient (Wildman–Crippen LogP) is 1.98. The topological polar surface area (TPSA) is 64.3 Å². The van der Waals surface area contributed by atoms with E-state index in [1.807, 2.05) is 26.0 Å². The van der Waals surface area contributed by atoms with Gasteiger partial charge in [0.15, 0.2) is 0 Å². The third-order valence-electron chi connectivity index (χ3n) is 3.21. The fourth-order valence-corrected chi connectivity index (χ4v) is 2.85. The average molecular weight is 313 g/mol. The van der Waals surface area contributed by atoms with E-state index in [2.05, 4.69) is 21.2 Å². The van der Waals surface area contributed by atoms with E-state index in [1.54, 1.807) is 0 Å². The van der Waals surface area contributed by atoms with E-state index >= 15 is 0 Å². The van der Waals surface area contributed by atoms with Crippen molar-refractivity contribution in [3.8, 4) is 0 Å². The van der Waals surface area contributed by atoms with Gasteiger partial charge in [0.25, 0.3) is 0 Å². The van der Waals surface area contributed by atoms with E-state index < -0.39 is 0 Å². The third kappa shape index (κ3) is 2.74.